The van der Waals surface area contributed by atoms with Crippen LogP contribution in [0.25, 0.3) is 0 Å². The second-order valence-electron chi connectivity index (χ2n) is 16.3. The number of allylic oxidation sites excluding steroid dienone is 4. The Kier molecular flexibility index (Phi) is 34.5. The van der Waals surface area contributed by atoms with E-state index < -0.39 is 63.1 Å². The Morgan fingerprint density at radius 3 is 1.48 bits per heavy atom. The van der Waals surface area contributed by atoms with Crippen LogP contribution in [0, 0.1) is 0 Å². The number of hydrogen-bond donors (Lipinski definition) is 6. The highest BCUT2D eigenvalue weighted by molar-refractivity contribution is 7.47. The quantitative estimate of drug-likeness (QED) is 0.0149. The molecule has 0 aromatic heterocycles. The molecule has 58 heavy (non-hydrogen) atoms. The zero-order valence-corrected chi connectivity index (χ0v) is 37.2. The average Bonchev–Trinajstić information content (AvgIpc) is 3.21. The fourth-order valence-electron chi connectivity index (χ4n) is 7.09. The molecule has 342 valence electrons. The molecule has 0 radical (unpaired) electrons. The van der Waals surface area contributed by atoms with Crippen LogP contribution < -0.4 is 0 Å². The maximum atomic E-state index is 12.8. The summed E-state index contributed by atoms with van der Waals surface area (Å²) in [5.41, 5.74) is 0. The predicted octanol–water partition coefficient (Wildman–Crippen LogP) is 9.31. The van der Waals surface area contributed by atoms with Gasteiger partial charge in [0.15, 0.2) is 0 Å². The number of aliphatic hydroxyl groups is 5. The molecular weight excluding hydrogens is 763 g/mol. The van der Waals surface area contributed by atoms with Crippen LogP contribution >= 0.6 is 7.82 Å². The van der Waals surface area contributed by atoms with Crippen LogP contribution in [0.4, 0.5) is 0 Å². The summed E-state index contributed by atoms with van der Waals surface area (Å²) in [6, 6.07) is 0. The lowest BCUT2D eigenvalue weighted by Gasteiger charge is -2.41. The highest BCUT2D eigenvalue weighted by Gasteiger charge is 2.51. The van der Waals surface area contributed by atoms with Gasteiger partial charge in [-0.25, -0.2) is 4.57 Å². The third-order valence-corrected chi connectivity index (χ3v) is 11.8. The van der Waals surface area contributed by atoms with Crippen molar-refractivity contribution in [3.8, 4) is 0 Å². The molecule has 12 nitrogen and oxygen atoms in total. The Morgan fingerprint density at radius 1 is 0.552 bits per heavy atom. The van der Waals surface area contributed by atoms with Gasteiger partial charge in [0, 0.05) is 13.0 Å². The molecule has 1 saturated carbocycles. The van der Waals surface area contributed by atoms with Gasteiger partial charge in [0.25, 0.3) is 0 Å². The summed E-state index contributed by atoms with van der Waals surface area (Å²) in [4.78, 5) is 23.1. The van der Waals surface area contributed by atoms with E-state index in [9.17, 15) is 39.8 Å². The second-order valence-corrected chi connectivity index (χ2v) is 17.7. The largest absolute Gasteiger partial charge is 0.472 e. The average molecular weight is 849 g/mol. The predicted molar refractivity (Wildman–Crippen MR) is 230 cm³/mol. The standard InChI is InChI=1S/C45H85O12P/c1-3-5-7-9-11-13-15-17-19-20-21-22-24-26-28-30-32-34-39(46)56-38(36-54-35-33-31-29-27-25-23-18-16-14-12-10-8-6-4-2)37-55-58(52,53)57-45-43(50)41(48)40(47)42(49)44(45)51/h11,13,17,19,38,40-45,47-51H,3-10,12,14-16,18,20-37H2,1-2H3,(H,52,53)/b13-11-,19-17-. The third kappa shape index (κ3) is 28.4. The van der Waals surface area contributed by atoms with Crippen molar-refractivity contribution < 1.29 is 58.3 Å². The number of esters is 1. The number of carbonyl (C=O) groups excluding carboxylic acids is 1. The minimum Gasteiger partial charge on any atom is -0.457 e. The number of carbonyl (C=O) groups is 1. The number of aliphatic hydroxyl groups excluding tert-OH is 5. The lowest BCUT2D eigenvalue weighted by atomic mass is 9.85. The van der Waals surface area contributed by atoms with Gasteiger partial charge in [0.2, 0.25) is 0 Å². The summed E-state index contributed by atoms with van der Waals surface area (Å²) in [6.07, 6.45) is 28.1. The Labute approximate surface area is 351 Å². The SMILES string of the molecule is CCCCC/C=C\C/C=C\CCCCCCCCCC(=O)OC(COCCCCCCCCCCCCCCCC)COP(=O)(O)OC1C(O)C(O)C(O)C(O)C1O. The van der Waals surface area contributed by atoms with Crippen LogP contribution in [-0.2, 0) is 27.9 Å². The summed E-state index contributed by atoms with van der Waals surface area (Å²) in [5, 5.41) is 50.2. The number of unbranched alkanes of at least 4 members (excludes halogenated alkanes) is 23. The van der Waals surface area contributed by atoms with Crippen molar-refractivity contribution in [3.63, 3.8) is 0 Å². The van der Waals surface area contributed by atoms with Crippen LogP contribution in [0.3, 0.4) is 0 Å². The highest BCUT2D eigenvalue weighted by atomic mass is 31.2. The van der Waals surface area contributed by atoms with E-state index in [-0.39, 0.29) is 13.0 Å². The first-order chi connectivity index (χ1) is 28.0. The molecule has 1 fully saturated rings. The maximum Gasteiger partial charge on any atom is 0.472 e. The van der Waals surface area contributed by atoms with Crippen LogP contribution in [0.5, 0.6) is 0 Å². The Bertz CT molecular complexity index is 1060. The minimum atomic E-state index is -5.01. The molecule has 6 atom stereocenters. The first kappa shape index (κ1) is 54.8. The van der Waals surface area contributed by atoms with Crippen molar-refractivity contribution in [1.29, 1.82) is 0 Å². The monoisotopic (exact) mass is 849 g/mol. The number of rotatable bonds is 39. The van der Waals surface area contributed by atoms with E-state index >= 15 is 0 Å². The van der Waals surface area contributed by atoms with Crippen LogP contribution in [0.15, 0.2) is 24.3 Å². The first-order valence-corrected chi connectivity index (χ1v) is 24.7. The van der Waals surface area contributed by atoms with Crippen LogP contribution in [0.2, 0.25) is 0 Å². The molecule has 0 amide bonds. The summed E-state index contributed by atoms with van der Waals surface area (Å²) in [6.45, 7) is 4.24. The van der Waals surface area contributed by atoms with Gasteiger partial charge in [-0.1, -0.05) is 167 Å². The molecule has 1 rings (SSSR count). The molecule has 13 heteroatoms. The molecule has 6 N–H and O–H groups in total. The van der Waals surface area contributed by atoms with Gasteiger partial charge < -0.3 is 39.9 Å². The normalized spacial score (nSPS) is 22.8. The molecule has 0 bridgehead atoms. The molecular formula is C45H85O12P. The molecule has 6 unspecified atom stereocenters. The van der Waals surface area contributed by atoms with Gasteiger partial charge in [-0.05, 0) is 44.9 Å². The van der Waals surface area contributed by atoms with E-state index in [0.717, 1.165) is 57.8 Å². The number of phosphoric acid groups is 1. The molecule has 0 aliphatic heterocycles. The summed E-state index contributed by atoms with van der Waals surface area (Å²) in [5.74, 6) is -0.483. The fraction of sp³-hybridized carbons (Fsp3) is 0.889. The molecule has 0 saturated heterocycles. The van der Waals surface area contributed by atoms with Gasteiger partial charge in [-0.2, -0.15) is 0 Å². The Morgan fingerprint density at radius 2 is 0.966 bits per heavy atom. The van der Waals surface area contributed by atoms with E-state index in [1.165, 1.54) is 109 Å². The fourth-order valence-corrected chi connectivity index (χ4v) is 8.06. The zero-order chi connectivity index (χ0) is 42.7. The van der Waals surface area contributed by atoms with Gasteiger partial charge in [0.1, 0.15) is 42.7 Å². The van der Waals surface area contributed by atoms with E-state index in [2.05, 4.69) is 38.2 Å². The van der Waals surface area contributed by atoms with Crippen LogP contribution in [-0.4, -0.2) is 98.9 Å². The molecule has 0 aromatic rings. The van der Waals surface area contributed by atoms with E-state index in [4.69, 9.17) is 18.5 Å². The van der Waals surface area contributed by atoms with Crippen LogP contribution in [0.1, 0.15) is 194 Å². The summed E-state index contributed by atoms with van der Waals surface area (Å²) < 4.78 is 34.2. The molecule has 1 aliphatic rings. The second kappa shape index (κ2) is 36.5. The van der Waals surface area contributed by atoms with E-state index in [1.54, 1.807) is 0 Å². The number of phosphoric ester groups is 1. The van der Waals surface area contributed by atoms with Crippen molar-refractivity contribution in [2.45, 2.75) is 236 Å². The van der Waals surface area contributed by atoms with Gasteiger partial charge >= 0.3 is 13.8 Å². The van der Waals surface area contributed by atoms with Crippen molar-refractivity contribution in [1.82, 2.24) is 0 Å². The summed E-state index contributed by atoms with van der Waals surface area (Å²) >= 11 is 0. The third-order valence-electron chi connectivity index (χ3n) is 10.8. The van der Waals surface area contributed by atoms with Crippen molar-refractivity contribution >= 4 is 13.8 Å². The lowest BCUT2D eigenvalue weighted by Crippen LogP contribution is -2.64. The minimum absolute atomic E-state index is 0.0760. The number of hydrogen-bond acceptors (Lipinski definition) is 11. The molecule has 0 heterocycles. The first-order valence-electron chi connectivity index (χ1n) is 23.2. The van der Waals surface area contributed by atoms with Crippen molar-refractivity contribution in [2.24, 2.45) is 0 Å². The molecule has 1 aliphatic carbocycles. The van der Waals surface area contributed by atoms with E-state index in [1.807, 2.05) is 0 Å². The Balaban J connectivity index is 2.40. The van der Waals surface area contributed by atoms with Gasteiger partial charge in [0.05, 0.1) is 13.2 Å². The summed E-state index contributed by atoms with van der Waals surface area (Å²) in [7, 11) is -5.01. The Hall–Kier alpha value is -1.18. The topological polar surface area (TPSA) is 192 Å². The van der Waals surface area contributed by atoms with Crippen molar-refractivity contribution in [3.05, 3.63) is 24.3 Å². The zero-order valence-electron chi connectivity index (χ0n) is 36.4. The smallest absolute Gasteiger partial charge is 0.457 e. The van der Waals surface area contributed by atoms with E-state index in [0.29, 0.717) is 13.0 Å². The van der Waals surface area contributed by atoms with Gasteiger partial charge in [-0.3, -0.25) is 13.8 Å². The maximum absolute atomic E-state index is 12.8. The molecule has 0 spiro atoms. The highest BCUT2D eigenvalue weighted by Crippen LogP contribution is 2.47. The number of ether oxygens (including phenoxy) is 2. The van der Waals surface area contributed by atoms with Gasteiger partial charge in [-0.15, -0.1) is 0 Å². The van der Waals surface area contributed by atoms with Crippen molar-refractivity contribution in [2.75, 3.05) is 19.8 Å². The lowest BCUT2D eigenvalue weighted by molar-refractivity contribution is -0.220. The molecule has 0 aromatic carbocycles.